The molecule has 1 heterocycles. The first-order chi connectivity index (χ1) is 4.74. The number of nitrogens with zero attached hydrogens (tertiary/aromatic N) is 2. The first-order valence-electron chi connectivity index (χ1n) is 2.69. The van der Waals surface area contributed by atoms with Gasteiger partial charge >= 0.3 is 0 Å². The Morgan fingerprint density at radius 1 is 1.70 bits per heavy atom. The van der Waals surface area contributed by atoms with Crippen LogP contribution in [0.5, 0.6) is 0 Å². The summed E-state index contributed by atoms with van der Waals surface area (Å²) in [5.41, 5.74) is 10.4. The first kappa shape index (κ1) is 6.97. The highest BCUT2D eigenvalue weighted by molar-refractivity contribution is 5.11. The molecule has 5 N–H and O–H groups in total. The molecule has 1 atom stereocenters. The summed E-state index contributed by atoms with van der Waals surface area (Å²) in [6, 6.07) is -0.634. The van der Waals surface area contributed by atoms with Crippen LogP contribution in [0.2, 0.25) is 0 Å². The van der Waals surface area contributed by atoms with Gasteiger partial charge in [0.05, 0.1) is 6.61 Å². The van der Waals surface area contributed by atoms with Crippen LogP contribution in [0, 0.1) is 0 Å². The summed E-state index contributed by atoms with van der Waals surface area (Å²) in [6.45, 7) is -0.234. The molecule has 1 aromatic heterocycles. The van der Waals surface area contributed by atoms with Crippen LogP contribution < -0.4 is 11.5 Å². The molecule has 0 saturated carbocycles. The van der Waals surface area contributed by atoms with Crippen molar-refractivity contribution in [2.75, 3.05) is 12.3 Å². The van der Waals surface area contributed by atoms with E-state index in [0.717, 1.165) is 0 Å². The molecule has 1 rings (SSSR count). The molecule has 0 aliphatic rings. The molecule has 0 radical (unpaired) electrons. The lowest BCUT2D eigenvalue weighted by Gasteiger charge is -1.97. The number of aliphatic hydroxyl groups is 1. The zero-order valence-corrected chi connectivity index (χ0v) is 5.19. The highest BCUT2D eigenvalue weighted by Gasteiger charge is 2.11. The van der Waals surface area contributed by atoms with Crippen molar-refractivity contribution in [1.82, 2.24) is 10.1 Å². The van der Waals surface area contributed by atoms with Crippen LogP contribution in [0.3, 0.4) is 0 Å². The summed E-state index contributed by atoms with van der Waals surface area (Å²) in [5.74, 6) is 0.180. The van der Waals surface area contributed by atoms with Crippen molar-refractivity contribution in [3.8, 4) is 0 Å². The molecule has 0 saturated heterocycles. The minimum atomic E-state index is -0.634. The van der Waals surface area contributed by atoms with Crippen LogP contribution in [-0.2, 0) is 0 Å². The van der Waals surface area contributed by atoms with E-state index in [-0.39, 0.29) is 18.4 Å². The molecule has 6 heteroatoms. The normalized spacial score (nSPS) is 13.4. The Morgan fingerprint density at radius 3 is 2.80 bits per heavy atom. The van der Waals surface area contributed by atoms with Gasteiger partial charge in [-0.2, -0.15) is 4.98 Å². The molecule has 0 bridgehead atoms. The third-order valence-electron chi connectivity index (χ3n) is 0.971. The number of nitrogen functional groups attached to an aromatic ring is 1. The van der Waals surface area contributed by atoms with E-state index in [9.17, 15) is 0 Å². The monoisotopic (exact) mass is 144 g/mol. The molecule has 1 unspecified atom stereocenters. The molecule has 10 heavy (non-hydrogen) atoms. The second-order valence-electron chi connectivity index (χ2n) is 1.78. The molecular formula is C4H8N4O2. The number of hydrogen-bond acceptors (Lipinski definition) is 6. The first-order valence-corrected chi connectivity index (χ1v) is 2.69. The fourth-order valence-electron chi connectivity index (χ4n) is 0.476. The molecule has 0 aliphatic carbocycles. The molecule has 56 valence electrons. The van der Waals surface area contributed by atoms with Crippen LogP contribution in [0.4, 0.5) is 5.95 Å². The Bertz CT molecular complexity index is 211. The lowest BCUT2D eigenvalue weighted by atomic mass is 10.3. The van der Waals surface area contributed by atoms with Gasteiger partial charge in [0.15, 0.2) is 0 Å². The largest absolute Gasteiger partial charge is 0.394 e. The van der Waals surface area contributed by atoms with E-state index >= 15 is 0 Å². The van der Waals surface area contributed by atoms with Crippen molar-refractivity contribution in [1.29, 1.82) is 0 Å². The molecule has 0 aliphatic heterocycles. The number of aromatic nitrogens is 2. The fourth-order valence-corrected chi connectivity index (χ4v) is 0.476. The number of nitrogens with two attached hydrogens (primary N) is 2. The van der Waals surface area contributed by atoms with Gasteiger partial charge in [0.2, 0.25) is 5.89 Å². The zero-order valence-electron chi connectivity index (χ0n) is 5.19. The van der Waals surface area contributed by atoms with Gasteiger partial charge in [-0.1, -0.05) is 0 Å². The number of rotatable bonds is 2. The predicted molar refractivity (Wildman–Crippen MR) is 32.7 cm³/mol. The van der Waals surface area contributed by atoms with Gasteiger partial charge in [-0.05, 0) is 5.16 Å². The topological polar surface area (TPSA) is 111 Å². The van der Waals surface area contributed by atoms with Crippen LogP contribution in [-0.4, -0.2) is 21.9 Å². The summed E-state index contributed by atoms with van der Waals surface area (Å²) in [4.78, 5) is 3.60. The summed E-state index contributed by atoms with van der Waals surface area (Å²) in [5, 5.41) is 11.8. The van der Waals surface area contributed by atoms with Gasteiger partial charge in [-0.15, -0.1) is 0 Å². The van der Waals surface area contributed by atoms with Crippen LogP contribution in [0.25, 0.3) is 0 Å². The molecule has 0 amide bonds. The van der Waals surface area contributed by atoms with Crippen molar-refractivity contribution < 1.29 is 9.63 Å². The number of hydrogen-bond donors (Lipinski definition) is 3. The average molecular weight is 144 g/mol. The van der Waals surface area contributed by atoms with Crippen molar-refractivity contribution in [2.45, 2.75) is 6.04 Å². The molecule has 0 fully saturated rings. The van der Waals surface area contributed by atoms with E-state index in [1.807, 2.05) is 0 Å². The quantitative estimate of drug-likeness (QED) is 0.473. The predicted octanol–water partition coefficient (Wildman–Crippen LogP) is -1.36. The summed E-state index contributed by atoms with van der Waals surface area (Å²) >= 11 is 0. The van der Waals surface area contributed by atoms with Crippen molar-refractivity contribution in [2.24, 2.45) is 5.73 Å². The molecule has 0 aromatic carbocycles. The summed E-state index contributed by atoms with van der Waals surface area (Å²) < 4.78 is 4.55. The van der Waals surface area contributed by atoms with E-state index in [4.69, 9.17) is 16.6 Å². The Labute approximate surface area is 56.8 Å². The molecule has 6 nitrogen and oxygen atoms in total. The van der Waals surface area contributed by atoms with E-state index in [1.54, 1.807) is 0 Å². The Morgan fingerprint density at radius 2 is 2.40 bits per heavy atom. The second-order valence-corrected chi connectivity index (χ2v) is 1.78. The van der Waals surface area contributed by atoms with Crippen molar-refractivity contribution >= 4 is 5.95 Å². The summed E-state index contributed by atoms with van der Waals surface area (Å²) in [6.07, 6.45) is 0. The van der Waals surface area contributed by atoms with E-state index in [1.165, 1.54) is 0 Å². The van der Waals surface area contributed by atoms with Crippen molar-refractivity contribution in [3.63, 3.8) is 0 Å². The van der Waals surface area contributed by atoms with Gasteiger partial charge in [-0.3, -0.25) is 0 Å². The van der Waals surface area contributed by atoms with Crippen molar-refractivity contribution in [3.05, 3.63) is 5.89 Å². The SMILES string of the molecule is Nc1noc(C(N)CO)n1. The number of aliphatic hydroxyl groups excluding tert-OH is 1. The van der Waals surface area contributed by atoms with Gasteiger partial charge in [0, 0.05) is 0 Å². The zero-order chi connectivity index (χ0) is 7.56. The standard InChI is InChI=1S/C4H8N4O2/c5-2(1-9)3-7-4(6)8-10-3/h2,9H,1,5H2,(H2,6,8). The van der Waals surface area contributed by atoms with Gasteiger partial charge in [0.25, 0.3) is 5.95 Å². The second kappa shape index (κ2) is 2.63. The summed E-state index contributed by atoms with van der Waals surface area (Å²) in [7, 11) is 0. The maximum Gasteiger partial charge on any atom is 0.260 e. The van der Waals surface area contributed by atoms with E-state index in [0.29, 0.717) is 0 Å². The molecule has 1 aromatic rings. The average Bonchev–Trinajstić information content (AvgIpc) is 2.34. The Kier molecular flexibility index (Phi) is 1.83. The van der Waals surface area contributed by atoms with Gasteiger partial charge < -0.3 is 21.1 Å². The van der Waals surface area contributed by atoms with Gasteiger partial charge in [0.1, 0.15) is 6.04 Å². The third-order valence-corrected chi connectivity index (χ3v) is 0.971. The van der Waals surface area contributed by atoms with E-state index in [2.05, 4.69) is 14.7 Å². The Balaban J connectivity index is 2.74. The van der Waals surface area contributed by atoms with Crippen LogP contribution >= 0.6 is 0 Å². The minimum Gasteiger partial charge on any atom is -0.394 e. The molecular weight excluding hydrogens is 136 g/mol. The number of anilines is 1. The third kappa shape index (κ3) is 1.23. The van der Waals surface area contributed by atoms with Gasteiger partial charge in [-0.25, -0.2) is 0 Å². The lowest BCUT2D eigenvalue weighted by Crippen LogP contribution is -2.14. The smallest absolute Gasteiger partial charge is 0.260 e. The van der Waals surface area contributed by atoms with Crippen LogP contribution in [0.1, 0.15) is 11.9 Å². The lowest BCUT2D eigenvalue weighted by molar-refractivity contribution is 0.237. The Hall–Kier alpha value is -1.14. The van der Waals surface area contributed by atoms with E-state index < -0.39 is 6.04 Å². The molecule has 0 spiro atoms. The highest BCUT2D eigenvalue weighted by atomic mass is 16.5. The fraction of sp³-hybridized carbons (Fsp3) is 0.500. The maximum atomic E-state index is 8.50. The van der Waals surface area contributed by atoms with Crippen LogP contribution in [0.15, 0.2) is 4.52 Å². The maximum absolute atomic E-state index is 8.50. The highest BCUT2D eigenvalue weighted by Crippen LogP contribution is 2.05. The minimum absolute atomic E-state index is 0.0268.